The smallest absolute Gasteiger partial charge is 0.319 e. The molecule has 0 saturated carbocycles. The number of aromatic nitrogens is 1. The molecule has 0 aliphatic rings. The van der Waals surface area contributed by atoms with E-state index >= 15 is 0 Å². The van der Waals surface area contributed by atoms with Gasteiger partial charge in [-0.1, -0.05) is 19.9 Å². The lowest BCUT2D eigenvalue weighted by atomic mass is 10.2. The van der Waals surface area contributed by atoms with Gasteiger partial charge in [-0.25, -0.2) is 17.9 Å². The van der Waals surface area contributed by atoms with E-state index in [9.17, 15) is 13.2 Å². The van der Waals surface area contributed by atoms with E-state index in [1.54, 1.807) is 36.5 Å². The number of sulfonamides is 1. The third-order valence-electron chi connectivity index (χ3n) is 3.26. The van der Waals surface area contributed by atoms with Gasteiger partial charge in [-0.3, -0.25) is 4.98 Å². The molecule has 7 nitrogen and oxygen atoms in total. The summed E-state index contributed by atoms with van der Waals surface area (Å²) in [6.07, 6.45) is 1.61. The molecule has 0 aliphatic carbocycles. The molecule has 0 radical (unpaired) electrons. The van der Waals surface area contributed by atoms with Gasteiger partial charge in [-0.2, -0.15) is 0 Å². The van der Waals surface area contributed by atoms with E-state index in [2.05, 4.69) is 20.3 Å². The molecule has 0 fully saturated rings. The summed E-state index contributed by atoms with van der Waals surface area (Å²) in [4.78, 5) is 15.9. The maximum absolute atomic E-state index is 12.3. The Morgan fingerprint density at radius 3 is 2.44 bits per heavy atom. The van der Waals surface area contributed by atoms with E-state index in [0.29, 0.717) is 23.8 Å². The van der Waals surface area contributed by atoms with Crippen LogP contribution in [-0.4, -0.2) is 26.0 Å². The monoisotopic (exact) mass is 362 g/mol. The summed E-state index contributed by atoms with van der Waals surface area (Å²) in [6, 6.07) is 11.0. The SMILES string of the molecule is CC(C)CNC(=O)Nc1ccc(S(=O)(=O)NCc2ccccn2)cc1. The fraction of sp³-hybridized carbons (Fsp3) is 0.294. The molecule has 1 heterocycles. The van der Waals surface area contributed by atoms with E-state index < -0.39 is 10.0 Å². The molecule has 2 rings (SSSR count). The van der Waals surface area contributed by atoms with Crippen LogP contribution in [0, 0.1) is 5.92 Å². The van der Waals surface area contributed by atoms with Crippen molar-refractivity contribution >= 4 is 21.7 Å². The third-order valence-corrected chi connectivity index (χ3v) is 4.68. The number of nitrogens with one attached hydrogen (secondary N) is 3. The molecule has 8 heteroatoms. The second-order valence-electron chi connectivity index (χ2n) is 5.90. The zero-order valence-corrected chi connectivity index (χ0v) is 15.0. The highest BCUT2D eigenvalue weighted by Gasteiger charge is 2.14. The summed E-state index contributed by atoms with van der Waals surface area (Å²) in [5, 5.41) is 5.38. The number of carbonyl (C=O) groups excluding carboxylic acids is 1. The van der Waals surface area contributed by atoms with Gasteiger partial charge in [0.2, 0.25) is 10.0 Å². The lowest BCUT2D eigenvalue weighted by Crippen LogP contribution is -2.31. The van der Waals surface area contributed by atoms with Crippen LogP contribution in [0.2, 0.25) is 0 Å². The van der Waals surface area contributed by atoms with Gasteiger partial charge in [-0.05, 0) is 42.3 Å². The summed E-state index contributed by atoms with van der Waals surface area (Å²) < 4.78 is 27.1. The summed E-state index contributed by atoms with van der Waals surface area (Å²) >= 11 is 0. The molecule has 25 heavy (non-hydrogen) atoms. The molecule has 0 bridgehead atoms. The molecule has 1 aromatic carbocycles. The lowest BCUT2D eigenvalue weighted by Gasteiger charge is -2.10. The molecule has 0 atom stereocenters. The predicted octanol–water partition coefficient (Wildman–Crippen LogP) is 2.34. The van der Waals surface area contributed by atoms with E-state index in [0.717, 1.165) is 0 Å². The van der Waals surface area contributed by atoms with E-state index in [4.69, 9.17) is 0 Å². The van der Waals surface area contributed by atoms with Crippen LogP contribution in [-0.2, 0) is 16.6 Å². The first-order chi connectivity index (χ1) is 11.9. The van der Waals surface area contributed by atoms with Crippen LogP contribution in [0.25, 0.3) is 0 Å². The quantitative estimate of drug-likeness (QED) is 0.704. The number of benzene rings is 1. The van der Waals surface area contributed by atoms with Crippen molar-refractivity contribution in [3.63, 3.8) is 0 Å². The fourth-order valence-electron chi connectivity index (χ4n) is 1.94. The molecule has 0 saturated heterocycles. The number of carbonyl (C=O) groups is 1. The van der Waals surface area contributed by atoms with Crippen LogP contribution < -0.4 is 15.4 Å². The molecular formula is C17H22N4O3S. The van der Waals surface area contributed by atoms with Crippen LogP contribution in [0.3, 0.4) is 0 Å². The Morgan fingerprint density at radius 2 is 1.84 bits per heavy atom. The lowest BCUT2D eigenvalue weighted by molar-refractivity contribution is 0.251. The predicted molar refractivity (Wildman–Crippen MR) is 96.6 cm³/mol. The number of rotatable bonds is 7. The zero-order chi connectivity index (χ0) is 18.3. The second-order valence-corrected chi connectivity index (χ2v) is 7.67. The molecule has 0 aliphatic heterocycles. The third kappa shape index (κ3) is 6.17. The van der Waals surface area contributed by atoms with E-state index in [1.165, 1.54) is 12.1 Å². The molecule has 134 valence electrons. The van der Waals surface area contributed by atoms with Crippen LogP contribution in [0.5, 0.6) is 0 Å². The minimum Gasteiger partial charge on any atom is -0.338 e. The van der Waals surface area contributed by atoms with Crippen molar-refractivity contribution in [2.45, 2.75) is 25.3 Å². The first-order valence-corrected chi connectivity index (χ1v) is 9.39. The average molecular weight is 362 g/mol. The van der Waals surface area contributed by atoms with Crippen molar-refractivity contribution in [3.8, 4) is 0 Å². The second kappa shape index (κ2) is 8.59. The maximum Gasteiger partial charge on any atom is 0.319 e. The van der Waals surface area contributed by atoms with E-state index in [-0.39, 0.29) is 17.5 Å². The number of anilines is 1. The summed E-state index contributed by atoms with van der Waals surface area (Å²) in [5.74, 6) is 0.350. The zero-order valence-electron chi connectivity index (χ0n) is 14.2. The minimum absolute atomic E-state index is 0.112. The van der Waals surface area contributed by atoms with Gasteiger partial charge in [0.05, 0.1) is 17.1 Å². The van der Waals surface area contributed by atoms with Gasteiger partial charge in [-0.15, -0.1) is 0 Å². The largest absolute Gasteiger partial charge is 0.338 e. The normalized spacial score (nSPS) is 11.3. The first kappa shape index (κ1) is 18.9. The van der Waals surface area contributed by atoms with Crippen molar-refractivity contribution in [1.29, 1.82) is 0 Å². The Balaban J connectivity index is 1.95. The molecule has 3 N–H and O–H groups in total. The maximum atomic E-state index is 12.3. The van der Waals surface area contributed by atoms with Gasteiger partial charge in [0.1, 0.15) is 0 Å². The number of nitrogens with zero attached hydrogens (tertiary/aromatic N) is 1. The molecule has 2 aromatic rings. The molecule has 0 spiro atoms. The van der Waals surface area contributed by atoms with Gasteiger partial charge < -0.3 is 10.6 Å². The minimum atomic E-state index is -3.64. The topological polar surface area (TPSA) is 100 Å². The van der Waals surface area contributed by atoms with Crippen LogP contribution in [0.15, 0.2) is 53.6 Å². The summed E-state index contributed by atoms with van der Waals surface area (Å²) in [6.45, 7) is 4.67. The molecule has 0 unspecified atom stereocenters. The van der Waals surface area contributed by atoms with Gasteiger partial charge in [0, 0.05) is 18.4 Å². The van der Waals surface area contributed by atoms with Crippen molar-refractivity contribution in [3.05, 3.63) is 54.4 Å². The highest BCUT2D eigenvalue weighted by Crippen LogP contribution is 2.14. The van der Waals surface area contributed by atoms with Crippen LogP contribution >= 0.6 is 0 Å². The number of urea groups is 1. The average Bonchev–Trinajstić information content (AvgIpc) is 2.60. The summed E-state index contributed by atoms with van der Waals surface area (Å²) in [7, 11) is -3.64. The first-order valence-electron chi connectivity index (χ1n) is 7.91. The molecular weight excluding hydrogens is 340 g/mol. The number of pyridine rings is 1. The van der Waals surface area contributed by atoms with E-state index in [1.807, 2.05) is 13.8 Å². The van der Waals surface area contributed by atoms with Crippen molar-refractivity contribution in [2.24, 2.45) is 5.92 Å². The van der Waals surface area contributed by atoms with Crippen LogP contribution in [0.1, 0.15) is 19.5 Å². The Bertz CT molecular complexity index is 790. The van der Waals surface area contributed by atoms with Gasteiger partial charge in [0.15, 0.2) is 0 Å². The number of hydrogen-bond acceptors (Lipinski definition) is 4. The van der Waals surface area contributed by atoms with Crippen molar-refractivity contribution < 1.29 is 13.2 Å². The van der Waals surface area contributed by atoms with Crippen LogP contribution in [0.4, 0.5) is 10.5 Å². The van der Waals surface area contributed by atoms with Gasteiger partial charge in [0.25, 0.3) is 0 Å². The fourth-order valence-corrected chi connectivity index (χ4v) is 2.94. The molecule has 2 amide bonds. The van der Waals surface area contributed by atoms with Crippen molar-refractivity contribution in [2.75, 3.05) is 11.9 Å². The highest BCUT2D eigenvalue weighted by atomic mass is 32.2. The Labute approximate surface area is 147 Å². The standard InChI is InChI=1S/C17H22N4O3S/c1-13(2)11-19-17(22)21-14-6-8-16(9-7-14)25(23,24)20-12-15-5-3-4-10-18-15/h3-10,13,20H,11-12H2,1-2H3,(H2,19,21,22). The molecule has 1 aromatic heterocycles. The number of hydrogen-bond donors (Lipinski definition) is 3. The highest BCUT2D eigenvalue weighted by molar-refractivity contribution is 7.89. The Hall–Kier alpha value is -2.45. The Morgan fingerprint density at radius 1 is 1.12 bits per heavy atom. The Kier molecular flexibility index (Phi) is 6.49. The van der Waals surface area contributed by atoms with Crippen molar-refractivity contribution in [1.82, 2.24) is 15.0 Å². The number of amides is 2. The van der Waals surface area contributed by atoms with Gasteiger partial charge >= 0.3 is 6.03 Å². The summed E-state index contributed by atoms with van der Waals surface area (Å²) in [5.41, 5.74) is 1.15.